The molecule has 2 aromatic rings. The van der Waals surface area contributed by atoms with Crippen molar-refractivity contribution in [3.05, 3.63) is 38.9 Å². The van der Waals surface area contributed by atoms with E-state index in [1.165, 1.54) is 12.8 Å². The summed E-state index contributed by atoms with van der Waals surface area (Å²) in [6, 6.07) is 3.35. The molecular weight excluding hydrogens is 364 g/mol. The molecule has 0 atom stereocenters. The molecule has 2 aliphatic rings. The zero-order chi connectivity index (χ0) is 16.0. The van der Waals surface area contributed by atoms with Crippen molar-refractivity contribution in [2.24, 2.45) is 5.92 Å². The van der Waals surface area contributed by atoms with Crippen molar-refractivity contribution in [1.82, 2.24) is 19.2 Å². The molecule has 122 valence electrons. The van der Waals surface area contributed by atoms with Crippen LogP contribution in [0.1, 0.15) is 29.2 Å². The minimum Gasteiger partial charge on any atom is -0.444 e. The van der Waals surface area contributed by atoms with Crippen LogP contribution in [-0.4, -0.2) is 38.2 Å². The van der Waals surface area contributed by atoms with E-state index in [0.717, 1.165) is 12.4 Å². The Bertz CT molecular complexity index is 802. The summed E-state index contributed by atoms with van der Waals surface area (Å²) >= 11 is 3.20. The first-order chi connectivity index (χ1) is 11.1. The first-order valence-corrected chi connectivity index (χ1v) is 8.62. The number of rotatable bonds is 3. The zero-order valence-electron chi connectivity index (χ0n) is 12.6. The number of carbonyl (C=O) groups excluding carboxylic acids is 1. The molecule has 1 aliphatic carbocycles. The van der Waals surface area contributed by atoms with Gasteiger partial charge in [-0.3, -0.25) is 9.36 Å². The van der Waals surface area contributed by atoms with E-state index in [2.05, 4.69) is 21.0 Å². The van der Waals surface area contributed by atoms with Crippen molar-refractivity contribution < 1.29 is 9.21 Å². The van der Waals surface area contributed by atoms with Crippen molar-refractivity contribution in [3.8, 4) is 0 Å². The third-order valence-electron chi connectivity index (χ3n) is 4.40. The van der Waals surface area contributed by atoms with Crippen LogP contribution in [0.15, 0.2) is 26.0 Å². The van der Waals surface area contributed by atoms with E-state index in [1.54, 1.807) is 26.3 Å². The number of hydrogen-bond acceptors (Lipinski definition) is 4. The van der Waals surface area contributed by atoms with Gasteiger partial charge in [0, 0.05) is 32.6 Å². The molecule has 1 amide bonds. The van der Waals surface area contributed by atoms with Crippen LogP contribution >= 0.6 is 15.9 Å². The van der Waals surface area contributed by atoms with E-state index >= 15 is 0 Å². The first kappa shape index (κ1) is 14.7. The van der Waals surface area contributed by atoms with Crippen molar-refractivity contribution in [2.75, 3.05) is 13.1 Å². The van der Waals surface area contributed by atoms with E-state index in [9.17, 15) is 9.59 Å². The number of aromatic nitrogens is 3. The van der Waals surface area contributed by atoms with Gasteiger partial charge in [0.15, 0.2) is 10.4 Å². The van der Waals surface area contributed by atoms with Gasteiger partial charge in [0.2, 0.25) is 0 Å². The molecule has 1 saturated carbocycles. The van der Waals surface area contributed by atoms with Gasteiger partial charge in [-0.1, -0.05) is 0 Å². The standard InChI is InChI=1S/C15H17BrN4O3/c16-12-4-3-11(23-12)14(21)18-6-5-13-17-20(9-10-1-2-10)15(22)19(13)8-7-18/h3-4,10H,1-2,5-9H2. The lowest BCUT2D eigenvalue weighted by Crippen LogP contribution is -2.35. The second-order valence-electron chi connectivity index (χ2n) is 6.12. The van der Waals surface area contributed by atoms with Gasteiger partial charge in [0.25, 0.3) is 5.91 Å². The molecule has 0 aromatic carbocycles. The summed E-state index contributed by atoms with van der Waals surface area (Å²) in [5.74, 6) is 1.54. The van der Waals surface area contributed by atoms with Gasteiger partial charge in [-0.05, 0) is 46.8 Å². The average Bonchev–Trinajstić information content (AvgIpc) is 3.22. The van der Waals surface area contributed by atoms with Gasteiger partial charge in [0.1, 0.15) is 5.82 Å². The highest BCUT2D eigenvalue weighted by Gasteiger charge is 2.27. The first-order valence-electron chi connectivity index (χ1n) is 7.83. The lowest BCUT2D eigenvalue weighted by Gasteiger charge is -2.18. The molecule has 0 bridgehead atoms. The summed E-state index contributed by atoms with van der Waals surface area (Å²) in [5, 5.41) is 4.46. The number of amides is 1. The summed E-state index contributed by atoms with van der Waals surface area (Å²) in [6.07, 6.45) is 2.96. The van der Waals surface area contributed by atoms with Gasteiger partial charge >= 0.3 is 5.69 Å². The van der Waals surface area contributed by atoms with E-state index in [4.69, 9.17) is 4.42 Å². The normalized spacial score (nSPS) is 17.9. The summed E-state index contributed by atoms with van der Waals surface area (Å²) in [6.45, 7) is 2.23. The molecule has 0 unspecified atom stereocenters. The fraction of sp³-hybridized carbons (Fsp3) is 0.533. The molecule has 7 nitrogen and oxygen atoms in total. The minimum absolute atomic E-state index is 0.0538. The highest BCUT2D eigenvalue weighted by molar-refractivity contribution is 9.10. The van der Waals surface area contributed by atoms with Gasteiger partial charge in [-0.2, -0.15) is 5.10 Å². The molecular formula is C15H17BrN4O3. The van der Waals surface area contributed by atoms with E-state index in [1.807, 2.05) is 0 Å². The summed E-state index contributed by atoms with van der Waals surface area (Å²) in [5.41, 5.74) is -0.0538. The highest BCUT2D eigenvalue weighted by atomic mass is 79.9. The van der Waals surface area contributed by atoms with Crippen LogP contribution in [0, 0.1) is 5.92 Å². The fourth-order valence-electron chi connectivity index (χ4n) is 2.92. The molecule has 0 spiro atoms. The van der Waals surface area contributed by atoms with Gasteiger partial charge in [-0.25, -0.2) is 9.48 Å². The number of fused-ring (bicyclic) bond motifs is 1. The number of hydrogen-bond donors (Lipinski definition) is 0. The molecule has 4 rings (SSSR count). The smallest absolute Gasteiger partial charge is 0.345 e. The third kappa shape index (κ3) is 2.87. The monoisotopic (exact) mass is 380 g/mol. The summed E-state index contributed by atoms with van der Waals surface area (Å²) in [7, 11) is 0. The van der Waals surface area contributed by atoms with Crippen LogP contribution in [-0.2, 0) is 19.5 Å². The molecule has 1 fully saturated rings. The molecule has 0 N–H and O–H groups in total. The highest BCUT2D eigenvalue weighted by Crippen LogP contribution is 2.29. The predicted molar refractivity (Wildman–Crippen MR) is 85.2 cm³/mol. The minimum atomic E-state index is -0.153. The van der Waals surface area contributed by atoms with Crippen LogP contribution in [0.3, 0.4) is 0 Å². The molecule has 23 heavy (non-hydrogen) atoms. The maximum Gasteiger partial charge on any atom is 0.345 e. The Morgan fingerprint density at radius 2 is 2.13 bits per heavy atom. The van der Waals surface area contributed by atoms with Crippen molar-refractivity contribution in [2.45, 2.75) is 32.4 Å². The summed E-state index contributed by atoms with van der Waals surface area (Å²) in [4.78, 5) is 26.6. The Labute approximate surface area is 141 Å². The van der Waals surface area contributed by atoms with Crippen molar-refractivity contribution in [3.63, 3.8) is 0 Å². The van der Waals surface area contributed by atoms with Crippen LogP contribution in [0.5, 0.6) is 0 Å². The number of nitrogens with zero attached hydrogens (tertiary/aromatic N) is 4. The van der Waals surface area contributed by atoms with E-state index < -0.39 is 0 Å². The molecule has 3 heterocycles. The van der Waals surface area contributed by atoms with Crippen molar-refractivity contribution >= 4 is 21.8 Å². The fourth-order valence-corrected chi connectivity index (χ4v) is 3.22. The van der Waals surface area contributed by atoms with Crippen LogP contribution in [0.25, 0.3) is 0 Å². The topological polar surface area (TPSA) is 73.3 Å². The van der Waals surface area contributed by atoms with Crippen molar-refractivity contribution in [1.29, 1.82) is 0 Å². The maximum absolute atomic E-state index is 12.4. The zero-order valence-corrected chi connectivity index (χ0v) is 14.2. The second kappa shape index (κ2) is 5.67. The van der Waals surface area contributed by atoms with Crippen LogP contribution in [0.4, 0.5) is 0 Å². The lowest BCUT2D eigenvalue weighted by molar-refractivity contribution is 0.0725. The Balaban J connectivity index is 1.50. The summed E-state index contributed by atoms with van der Waals surface area (Å²) < 4.78 is 9.16. The Morgan fingerprint density at radius 1 is 1.30 bits per heavy atom. The SMILES string of the molecule is O=C(c1ccc(Br)o1)N1CCc2nn(CC3CC3)c(=O)n2CC1. The number of halogens is 1. The molecule has 0 radical (unpaired) electrons. The molecule has 8 heteroatoms. The predicted octanol–water partition coefficient (Wildman–Crippen LogP) is 1.51. The lowest BCUT2D eigenvalue weighted by atomic mass is 10.3. The quantitative estimate of drug-likeness (QED) is 0.808. The molecule has 0 saturated heterocycles. The van der Waals surface area contributed by atoms with Crippen LogP contribution < -0.4 is 5.69 Å². The average molecular weight is 381 g/mol. The molecule has 2 aromatic heterocycles. The van der Waals surface area contributed by atoms with Gasteiger partial charge < -0.3 is 9.32 Å². The van der Waals surface area contributed by atoms with E-state index in [0.29, 0.717) is 42.4 Å². The Hall–Kier alpha value is -1.83. The largest absolute Gasteiger partial charge is 0.444 e. The van der Waals surface area contributed by atoms with Gasteiger partial charge in [0.05, 0.1) is 0 Å². The third-order valence-corrected chi connectivity index (χ3v) is 4.82. The Kier molecular flexibility index (Phi) is 3.63. The van der Waals surface area contributed by atoms with E-state index in [-0.39, 0.29) is 11.6 Å². The van der Waals surface area contributed by atoms with Gasteiger partial charge in [-0.15, -0.1) is 0 Å². The van der Waals surface area contributed by atoms with Crippen LogP contribution in [0.2, 0.25) is 0 Å². The second-order valence-corrected chi connectivity index (χ2v) is 6.90. The number of carbonyl (C=O) groups is 1. The Morgan fingerprint density at radius 3 is 2.83 bits per heavy atom. The number of furan rings is 1. The molecule has 1 aliphatic heterocycles. The maximum atomic E-state index is 12.4.